The first kappa shape index (κ1) is 19.6. The Morgan fingerprint density at radius 1 is 1.26 bits per heavy atom. The van der Waals surface area contributed by atoms with Crippen molar-refractivity contribution in [1.82, 2.24) is 15.5 Å². The summed E-state index contributed by atoms with van der Waals surface area (Å²) in [7, 11) is 1.60. The van der Waals surface area contributed by atoms with E-state index in [0.717, 1.165) is 30.2 Å². The smallest absolute Gasteiger partial charge is 0.338 e. The third kappa shape index (κ3) is 4.75. The monoisotopic (exact) mass is 391 g/mol. The molecule has 0 unspecified atom stereocenters. The van der Waals surface area contributed by atoms with E-state index in [0.29, 0.717) is 23.6 Å². The fraction of sp³-hybridized carbons (Fsp3) is 0.474. The van der Waals surface area contributed by atoms with Gasteiger partial charge in [-0.2, -0.15) is 11.8 Å². The van der Waals surface area contributed by atoms with Crippen molar-refractivity contribution in [3.05, 3.63) is 41.1 Å². The summed E-state index contributed by atoms with van der Waals surface area (Å²) in [6, 6.07) is 6.46. The van der Waals surface area contributed by atoms with Gasteiger partial charge >= 0.3 is 12.0 Å². The molecule has 0 spiro atoms. The molecule has 0 bridgehead atoms. The lowest BCUT2D eigenvalue weighted by atomic mass is 9.95. The molecule has 2 aliphatic rings. The molecule has 0 radical (unpaired) electrons. The molecule has 0 saturated carbocycles. The van der Waals surface area contributed by atoms with E-state index in [9.17, 15) is 9.59 Å². The maximum Gasteiger partial charge on any atom is 0.338 e. The minimum Gasteiger partial charge on any atom is -0.497 e. The number of amides is 2. The van der Waals surface area contributed by atoms with Crippen LogP contribution in [0.25, 0.3) is 0 Å². The van der Waals surface area contributed by atoms with Crippen molar-refractivity contribution in [2.45, 2.75) is 13.0 Å². The number of carbonyl (C=O) groups excluding carboxylic acids is 2. The van der Waals surface area contributed by atoms with Crippen LogP contribution in [-0.2, 0) is 9.53 Å². The Balaban J connectivity index is 1.95. The van der Waals surface area contributed by atoms with Crippen LogP contribution < -0.4 is 15.4 Å². The number of carbonyl (C=O) groups is 2. The summed E-state index contributed by atoms with van der Waals surface area (Å²) in [5, 5.41) is 5.69. The molecule has 2 amide bonds. The molecule has 1 aromatic rings. The van der Waals surface area contributed by atoms with E-state index in [1.807, 2.05) is 36.0 Å². The molecular weight excluding hydrogens is 366 g/mol. The highest BCUT2D eigenvalue weighted by atomic mass is 32.2. The second kappa shape index (κ2) is 9.14. The third-order valence-electron chi connectivity index (χ3n) is 4.58. The van der Waals surface area contributed by atoms with Crippen LogP contribution in [-0.4, -0.2) is 61.8 Å². The third-order valence-corrected chi connectivity index (χ3v) is 5.53. The predicted molar refractivity (Wildman–Crippen MR) is 105 cm³/mol. The van der Waals surface area contributed by atoms with Gasteiger partial charge in [-0.25, -0.2) is 9.59 Å². The van der Waals surface area contributed by atoms with Crippen molar-refractivity contribution in [3.8, 4) is 5.75 Å². The van der Waals surface area contributed by atoms with Gasteiger partial charge in [0.2, 0.25) is 0 Å². The van der Waals surface area contributed by atoms with E-state index in [2.05, 4.69) is 15.5 Å². The molecule has 8 heteroatoms. The maximum absolute atomic E-state index is 12.7. The first-order chi connectivity index (χ1) is 13.1. The number of urea groups is 1. The summed E-state index contributed by atoms with van der Waals surface area (Å²) in [5.41, 5.74) is 1.88. The van der Waals surface area contributed by atoms with Crippen LogP contribution in [0.1, 0.15) is 18.5 Å². The summed E-state index contributed by atoms with van der Waals surface area (Å²) in [6.45, 7) is 4.44. The number of hydrogen-bond acceptors (Lipinski definition) is 6. The number of nitrogens with one attached hydrogen (secondary N) is 2. The Bertz CT molecular complexity index is 714. The largest absolute Gasteiger partial charge is 0.497 e. The Labute approximate surface area is 163 Å². The lowest BCUT2D eigenvalue weighted by Gasteiger charge is -2.33. The molecule has 146 valence electrons. The second-order valence-corrected chi connectivity index (χ2v) is 7.53. The summed E-state index contributed by atoms with van der Waals surface area (Å²) < 4.78 is 10.5. The van der Waals surface area contributed by atoms with E-state index >= 15 is 0 Å². The molecule has 0 aromatic heterocycles. The predicted octanol–water partition coefficient (Wildman–Crippen LogP) is 1.92. The number of benzene rings is 1. The molecule has 1 fully saturated rings. The molecule has 2 N–H and O–H groups in total. The molecule has 2 aliphatic heterocycles. The number of rotatable bonds is 6. The van der Waals surface area contributed by atoms with Gasteiger partial charge in [-0.3, -0.25) is 4.90 Å². The van der Waals surface area contributed by atoms with E-state index in [1.165, 1.54) is 0 Å². The SMILES string of the molecule is CCOC(=O)C1=C(CN2CCSCC2)NC(=O)N[C@@H]1c1ccc(OC)cc1. The van der Waals surface area contributed by atoms with Gasteiger partial charge < -0.3 is 20.1 Å². The highest BCUT2D eigenvalue weighted by Gasteiger charge is 2.34. The van der Waals surface area contributed by atoms with Crippen molar-refractivity contribution in [2.75, 3.05) is 44.9 Å². The van der Waals surface area contributed by atoms with Crippen molar-refractivity contribution in [1.29, 1.82) is 0 Å². The van der Waals surface area contributed by atoms with E-state index < -0.39 is 12.0 Å². The molecule has 3 rings (SSSR count). The Kier molecular flexibility index (Phi) is 6.63. The molecule has 27 heavy (non-hydrogen) atoms. The second-order valence-electron chi connectivity index (χ2n) is 6.31. The van der Waals surface area contributed by atoms with Crippen molar-refractivity contribution >= 4 is 23.8 Å². The van der Waals surface area contributed by atoms with Crippen molar-refractivity contribution < 1.29 is 19.1 Å². The number of esters is 1. The Hall–Kier alpha value is -2.19. The molecule has 0 aliphatic carbocycles. The van der Waals surface area contributed by atoms with E-state index in [1.54, 1.807) is 14.0 Å². The zero-order valence-corrected chi connectivity index (χ0v) is 16.4. The standard InChI is InChI=1S/C19H25N3O4S/c1-3-26-18(23)16-15(12-22-8-10-27-11-9-22)20-19(24)21-17(16)13-4-6-14(25-2)7-5-13/h4-7,17H,3,8-12H2,1-2H3,(H2,20,21,24)/t17-/m1/s1. The van der Waals surface area contributed by atoms with Crippen molar-refractivity contribution in [3.63, 3.8) is 0 Å². The van der Waals surface area contributed by atoms with Gasteiger partial charge in [-0.15, -0.1) is 0 Å². The van der Waals surface area contributed by atoms with Gasteiger partial charge in [0.25, 0.3) is 0 Å². The molecule has 1 atom stereocenters. The minimum atomic E-state index is -0.558. The summed E-state index contributed by atoms with van der Waals surface area (Å²) >= 11 is 1.92. The summed E-state index contributed by atoms with van der Waals surface area (Å²) in [5.74, 6) is 2.41. The highest BCUT2D eigenvalue weighted by Crippen LogP contribution is 2.29. The zero-order valence-electron chi connectivity index (χ0n) is 15.6. The topological polar surface area (TPSA) is 79.9 Å². The van der Waals surface area contributed by atoms with Crippen LogP contribution in [0.15, 0.2) is 35.5 Å². The fourth-order valence-electron chi connectivity index (χ4n) is 3.22. The normalized spacial score (nSPS) is 20.7. The zero-order chi connectivity index (χ0) is 19.2. The first-order valence-corrected chi connectivity index (χ1v) is 10.2. The van der Waals surface area contributed by atoms with Crippen LogP contribution in [0.4, 0.5) is 4.79 Å². The van der Waals surface area contributed by atoms with Gasteiger partial charge in [0.05, 0.1) is 25.3 Å². The molecule has 7 nitrogen and oxygen atoms in total. The Morgan fingerprint density at radius 2 is 1.96 bits per heavy atom. The molecule has 2 heterocycles. The number of hydrogen-bond donors (Lipinski definition) is 2. The van der Waals surface area contributed by atoms with Gasteiger partial charge in [-0.05, 0) is 24.6 Å². The highest BCUT2D eigenvalue weighted by molar-refractivity contribution is 7.99. The maximum atomic E-state index is 12.7. The van der Waals surface area contributed by atoms with E-state index in [4.69, 9.17) is 9.47 Å². The van der Waals surface area contributed by atoms with Crippen LogP contribution in [0.3, 0.4) is 0 Å². The molecular formula is C19H25N3O4S. The average Bonchev–Trinajstić information content (AvgIpc) is 2.68. The number of methoxy groups -OCH3 is 1. The van der Waals surface area contributed by atoms with Gasteiger partial charge in [0.1, 0.15) is 5.75 Å². The first-order valence-electron chi connectivity index (χ1n) is 9.04. The fourth-order valence-corrected chi connectivity index (χ4v) is 4.20. The molecule has 1 saturated heterocycles. The summed E-state index contributed by atoms with van der Waals surface area (Å²) in [6.07, 6.45) is 0. The number of thioether (sulfide) groups is 1. The number of nitrogens with zero attached hydrogens (tertiary/aromatic N) is 1. The van der Waals surface area contributed by atoms with Crippen molar-refractivity contribution in [2.24, 2.45) is 0 Å². The minimum absolute atomic E-state index is 0.277. The van der Waals surface area contributed by atoms with E-state index in [-0.39, 0.29) is 12.6 Å². The van der Waals surface area contributed by atoms with Crippen LogP contribution in [0.2, 0.25) is 0 Å². The average molecular weight is 391 g/mol. The molecule has 1 aromatic carbocycles. The van der Waals surface area contributed by atoms with Crippen LogP contribution in [0, 0.1) is 0 Å². The van der Waals surface area contributed by atoms with Crippen LogP contribution in [0.5, 0.6) is 5.75 Å². The van der Waals surface area contributed by atoms with Gasteiger partial charge in [-0.1, -0.05) is 12.1 Å². The summed E-state index contributed by atoms with van der Waals surface area (Å²) in [4.78, 5) is 27.3. The number of ether oxygens (including phenoxy) is 2. The van der Waals surface area contributed by atoms with Crippen LogP contribution >= 0.6 is 11.8 Å². The van der Waals surface area contributed by atoms with Gasteiger partial charge in [0.15, 0.2) is 0 Å². The lowest BCUT2D eigenvalue weighted by molar-refractivity contribution is -0.139. The quantitative estimate of drug-likeness (QED) is 0.722. The lowest BCUT2D eigenvalue weighted by Crippen LogP contribution is -2.49. The van der Waals surface area contributed by atoms with Gasteiger partial charge in [0, 0.05) is 36.8 Å². The Morgan fingerprint density at radius 3 is 2.59 bits per heavy atom.